The van der Waals surface area contributed by atoms with Crippen LogP contribution < -0.4 is 15.8 Å². The molecule has 1 saturated heterocycles. The highest BCUT2D eigenvalue weighted by Crippen LogP contribution is 2.33. The van der Waals surface area contributed by atoms with Gasteiger partial charge in [0.05, 0.1) is 25.8 Å². The molecule has 3 N–H and O–H groups in total. The van der Waals surface area contributed by atoms with Crippen LogP contribution in [0.25, 0.3) is 0 Å². The van der Waals surface area contributed by atoms with E-state index in [9.17, 15) is 9.59 Å². The van der Waals surface area contributed by atoms with Crippen molar-refractivity contribution >= 4 is 11.7 Å². The van der Waals surface area contributed by atoms with E-state index in [0.717, 1.165) is 24.2 Å². The zero-order chi connectivity index (χ0) is 19.4. The number of nitrogens with one attached hydrogen (secondary N) is 1. The van der Waals surface area contributed by atoms with Crippen LogP contribution in [0, 0.1) is 5.92 Å². The summed E-state index contributed by atoms with van der Waals surface area (Å²) >= 11 is 0. The van der Waals surface area contributed by atoms with Gasteiger partial charge in [0.15, 0.2) is 5.78 Å². The normalized spacial score (nSPS) is 24.3. The molecular weight excluding hydrogens is 344 g/mol. The molecular formula is C21H30N2O4. The van der Waals surface area contributed by atoms with E-state index in [4.69, 9.17) is 15.2 Å². The molecule has 1 amide bonds. The number of ketones is 1. The Balaban J connectivity index is 1.60. The number of rotatable bonds is 9. The molecule has 3 rings (SSSR count). The molecule has 27 heavy (non-hydrogen) atoms. The van der Waals surface area contributed by atoms with Crippen molar-refractivity contribution in [3.05, 3.63) is 29.8 Å². The zero-order valence-electron chi connectivity index (χ0n) is 16.2. The first-order valence-electron chi connectivity index (χ1n) is 9.78. The molecule has 148 valence electrons. The van der Waals surface area contributed by atoms with Gasteiger partial charge in [0.25, 0.3) is 0 Å². The molecule has 1 aromatic carbocycles. The van der Waals surface area contributed by atoms with Gasteiger partial charge in [0.1, 0.15) is 11.4 Å². The van der Waals surface area contributed by atoms with Gasteiger partial charge in [-0.15, -0.1) is 0 Å². The van der Waals surface area contributed by atoms with Crippen LogP contribution in [0.3, 0.4) is 0 Å². The Labute approximate surface area is 160 Å². The van der Waals surface area contributed by atoms with Crippen molar-refractivity contribution in [3.8, 4) is 5.75 Å². The van der Waals surface area contributed by atoms with Gasteiger partial charge in [-0.3, -0.25) is 9.59 Å². The average molecular weight is 374 g/mol. The SMILES string of the molecule is COc1ccc(CC(N)C(=O)NC(CC2CCCC2)C(=O)C2(C)CO2)cc1. The van der Waals surface area contributed by atoms with Crippen molar-refractivity contribution in [1.82, 2.24) is 5.32 Å². The summed E-state index contributed by atoms with van der Waals surface area (Å²) in [6.07, 6.45) is 5.73. The highest BCUT2D eigenvalue weighted by Gasteiger charge is 2.50. The lowest BCUT2D eigenvalue weighted by Crippen LogP contribution is -2.52. The second-order valence-corrected chi connectivity index (χ2v) is 7.99. The molecule has 0 bridgehead atoms. The first-order chi connectivity index (χ1) is 12.9. The fraction of sp³-hybridized carbons (Fsp3) is 0.619. The molecule has 0 radical (unpaired) electrons. The Hall–Kier alpha value is -1.92. The van der Waals surface area contributed by atoms with Gasteiger partial charge in [-0.25, -0.2) is 0 Å². The van der Waals surface area contributed by atoms with E-state index in [1.807, 2.05) is 24.3 Å². The summed E-state index contributed by atoms with van der Waals surface area (Å²) in [6, 6.07) is 6.26. The third kappa shape index (κ3) is 5.08. The number of carbonyl (C=O) groups is 2. The Bertz CT molecular complexity index is 663. The van der Waals surface area contributed by atoms with Gasteiger partial charge < -0.3 is 20.5 Å². The lowest BCUT2D eigenvalue weighted by atomic mass is 9.90. The van der Waals surface area contributed by atoms with Crippen LogP contribution in [-0.2, 0) is 20.7 Å². The summed E-state index contributed by atoms with van der Waals surface area (Å²) in [5.41, 5.74) is 6.33. The molecule has 3 atom stereocenters. The Morgan fingerprint density at radius 2 is 1.93 bits per heavy atom. The van der Waals surface area contributed by atoms with Crippen molar-refractivity contribution in [1.29, 1.82) is 0 Å². The van der Waals surface area contributed by atoms with Gasteiger partial charge >= 0.3 is 0 Å². The van der Waals surface area contributed by atoms with Crippen LogP contribution in [0.1, 0.15) is 44.6 Å². The van der Waals surface area contributed by atoms with E-state index in [-0.39, 0.29) is 11.7 Å². The van der Waals surface area contributed by atoms with Crippen molar-refractivity contribution in [3.63, 3.8) is 0 Å². The molecule has 2 aliphatic rings. The number of Topliss-reactive ketones (excluding diaryl/α,β-unsaturated/α-hetero) is 1. The van der Waals surface area contributed by atoms with E-state index >= 15 is 0 Å². The maximum atomic E-state index is 12.8. The van der Waals surface area contributed by atoms with Crippen LogP contribution in [0.4, 0.5) is 0 Å². The Morgan fingerprint density at radius 1 is 1.30 bits per heavy atom. The molecule has 3 unspecified atom stereocenters. The number of hydrogen-bond acceptors (Lipinski definition) is 5. The summed E-state index contributed by atoms with van der Waals surface area (Å²) in [5, 5.41) is 2.91. The van der Waals surface area contributed by atoms with Crippen LogP contribution in [0.2, 0.25) is 0 Å². The lowest BCUT2D eigenvalue weighted by Gasteiger charge is -2.24. The van der Waals surface area contributed by atoms with Gasteiger partial charge in [-0.1, -0.05) is 37.8 Å². The smallest absolute Gasteiger partial charge is 0.237 e. The summed E-state index contributed by atoms with van der Waals surface area (Å²) in [6.45, 7) is 2.22. The first kappa shape index (κ1) is 19.8. The van der Waals surface area contributed by atoms with E-state index in [1.54, 1.807) is 14.0 Å². The number of ether oxygens (including phenoxy) is 2. The number of epoxide rings is 1. The van der Waals surface area contributed by atoms with E-state index in [0.29, 0.717) is 25.4 Å². The summed E-state index contributed by atoms with van der Waals surface area (Å²) in [7, 11) is 1.61. The molecule has 1 aromatic rings. The highest BCUT2D eigenvalue weighted by molar-refractivity contribution is 5.97. The first-order valence-corrected chi connectivity index (χ1v) is 9.78. The van der Waals surface area contributed by atoms with Crippen LogP contribution in [0.15, 0.2) is 24.3 Å². The number of hydrogen-bond donors (Lipinski definition) is 2. The van der Waals surface area contributed by atoms with Gasteiger partial charge in [0.2, 0.25) is 5.91 Å². The number of methoxy groups -OCH3 is 1. The molecule has 0 aromatic heterocycles. The third-order valence-corrected chi connectivity index (χ3v) is 5.73. The number of nitrogens with two attached hydrogens (primary N) is 1. The van der Waals surface area contributed by atoms with Crippen molar-refractivity contribution in [2.75, 3.05) is 13.7 Å². The number of benzene rings is 1. The molecule has 1 heterocycles. The number of amides is 1. The van der Waals surface area contributed by atoms with Gasteiger partial charge in [-0.2, -0.15) is 0 Å². The van der Waals surface area contributed by atoms with Crippen LogP contribution >= 0.6 is 0 Å². The average Bonchev–Trinajstić information content (AvgIpc) is 3.21. The van der Waals surface area contributed by atoms with Crippen molar-refractivity contribution in [2.45, 2.75) is 63.1 Å². The van der Waals surface area contributed by atoms with E-state index in [1.165, 1.54) is 12.8 Å². The molecule has 1 aliphatic carbocycles. The second kappa shape index (κ2) is 8.40. The van der Waals surface area contributed by atoms with E-state index < -0.39 is 17.7 Å². The molecule has 0 spiro atoms. The van der Waals surface area contributed by atoms with E-state index in [2.05, 4.69) is 5.32 Å². The lowest BCUT2D eigenvalue weighted by molar-refractivity contribution is -0.131. The Kier molecular flexibility index (Phi) is 6.17. The number of carbonyl (C=O) groups excluding carboxylic acids is 2. The maximum absolute atomic E-state index is 12.8. The molecule has 2 fully saturated rings. The molecule has 1 saturated carbocycles. The standard InChI is InChI=1S/C21H30N2O4/c1-21(13-27-21)19(24)18(12-14-5-3-4-6-14)23-20(25)17(22)11-15-7-9-16(26-2)10-8-15/h7-10,14,17-18H,3-6,11-13,22H2,1-2H3,(H,23,25). The predicted octanol–water partition coefficient (Wildman–Crippen LogP) is 1.99. The molecule has 6 nitrogen and oxygen atoms in total. The van der Waals surface area contributed by atoms with Crippen molar-refractivity contribution < 1.29 is 19.1 Å². The predicted molar refractivity (Wildman–Crippen MR) is 103 cm³/mol. The monoisotopic (exact) mass is 374 g/mol. The summed E-state index contributed by atoms with van der Waals surface area (Å²) in [4.78, 5) is 25.5. The third-order valence-electron chi connectivity index (χ3n) is 5.73. The minimum atomic E-state index is -0.739. The van der Waals surface area contributed by atoms with Crippen LogP contribution in [-0.4, -0.2) is 43.1 Å². The van der Waals surface area contributed by atoms with Crippen molar-refractivity contribution in [2.24, 2.45) is 11.7 Å². The minimum Gasteiger partial charge on any atom is -0.497 e. The summed E-state index contributed by atoms with van der Waals surface area (Å²) in [5.74, 6) is 0.932. The molecule has 1 aliphatic heterocycles. The fourth-order valence-corrected chi connectivity index (χ4v) is 3.82. The maximum Gasteiger partial charge on any atom is 0.237 e. The quantitative estimate of drug-likeness (QED) is 0.645. The van der Waals surface area contributed by atoms with Gasteiger partial charge in [-0.05, 0) is 43.4 Å². The Morgan fingerprint density at radius 3 is 2.48 bits per heavy atom. The molecule has 6 heteroatoms. The minimum absolute atomic E-state index is 0.0283. The highest BCUT2D eigenvalue weighted by atomic mass is 16.6. The fourth-order valence-electron chi connectivity index (χ4n) is 3.82. The van der Waals surface area contributed by atoms with Crippen LogP contribution in [0.5, 0.6) is 5.75 Å². The zero-order valence-corrected chi connectivity index (χ0v) is 16.2. The second-order valence-electron chi connectivity index (χ2n) is 7.99. The topological polar surface area (TPSA) is 93.9 Å². The largest absolute Gasteiger partial charge is 0.497 e. The summed E-state index contributed by atoms with van der Waals surface area (Å²) < 4.78 is 10.5. The van der Waals surface area contributed by atoms with Gasteiger partial charge in [0, 0.05) is 0 Å².